The van der Waals surface area contributed by atoms with E-state index in [2.05, 4.69) is 5.32 Å². The topological polar surface area (TPSA) is 41.6 Å². The monoisotopic (exact) mass is 234 g/mol. The van der Waals surface area contributed by atoms with E-state index in [1.165, 1.54) is 0 Å². The summed E-state index contributed by atoms with van der Waals surface area (Å²) in [6, 6.07) is 9.57. The smallest absolute Gasteiger partial charge is 0.410 e. The molecule has 4 nitrogen and oxygen atoms in total. The molecule has 1 aromatic rings. The summed E-state index contributed by atoms with van der Waals surface area (Å²) in [5, 5.41) is 3.20. The first kappa shape index (κ1) is 11.9. The summed E-state index contributed by atoms with van der Waals surface area (Å²) in [6.45, 7) is 1.51. The number of likely N-dealkylation sites (tertiary alicyclic amines) is 1. The van der Waals surface area contributed by atoms with Crippen LogP contribution in [0.2, 0.25) is 0 Å². The average molecular weight is 234 g/mol. The molecular weight excluding hydrogens is 216 g/mol. The van der Waals surface area contributed by atoms with Gasteiger partial charge in [-0.15, -0.1) is 0 Å². The Kier molecular flexibility index (Phi) is 3.98. The molecule has 0 radical (unpaired) electrons. The third-order valence-corrected chi connectivity index (χ3v) is 3.04. The van der Waals surface area contributed by atoms with E-state index in [1.54, 1.807) is 17.0 Å². The van der Waals surface area contributed by atoms with Crippen LogP contribution in [0.5, 0.6) is 5.75 Å². The number of nitrogens with one attached hydrogen (secondary N) is 1. The summed E-state index contributed by atoms with van der Waals surface area (Å²) in [4.78, 5) is 13.7. The van der Waals surface area contributed by atoms with Crippen molar-refractivity contribution in [3.63, 3.8) is 0 Å². The van der Waals surface area contributed by atoms with E-state index in [4.69, 9.17) is 4.74 Å². The van der Waals surface area contributed by atoms with Crippen LogP contribution in [0.3, 0.4) is 0 Å². The normalized spacial score (nSPS) is 20.1. The molecule has 1 aliphatic heterocycles. The molecule has 1 atom stereocenters. The van der Waals surface area contributed by atoms with E-state index < -0.39 is 0 Å². The van der Waals surface area contributed by atoms with Crippen molar-refractivity contribution in [3.05, 3.63) is 30.3 Å². The lowest BCUT2D eigenvalue weighted by atomic mass is 10.1. The number of piperidine rings is 1. The maximum Gasteiger partial charge on any atom is 0.415 e. The van der Waals surface area contributed by atoms with Gasteiger partial charge in [0.25, 0.3) is 0 Å². The van der Waals surface area contributed by atoms with Crippen LogP contribution < -0.4 is 10.1 Å². The van der Waals surface area contributed by atoms with Gasteiger partial charge in [-0.05, 0) is 32.0 Å². The van der Waals surface area contributed by atoms with Crippen molar-refractivity contribution in [2.75, 3.05) is 20.1 Å². The van der Waals surface area contributed by atoms with Gasteiger partial charge in [-0.2, -0.15) is 0 Å². The van der Waals surface area contributed by atoms with Gasteiger partial charge < -0.3 is 15.0 Å². The third-order valence-electron chi connectivity index (χ3n) is 3.04. The molecule has 1 N–H and O–H groups in total. The van der Waals surface area contributed by atoms with Crippen LogP contribution in [0.15, 0.2) is 30.3 Å². The van der Waals surface area contributed by atoms with Gasteiger partial charge in [0.1, 0.15) is 5.75 Å². The van der Waals surface area contributed by atoms with Gasteiger partial charge in [0.05, 0.1) is 0 Å². The Balaban J connectivity index is 1.91. The number of rotatable bonds is 2. The Morgan fingerprint density at radius 1 is 1.41 bits per heavy atom. The van der Waals surface area contributed by atoms with Gasteiger partial charge in [0, 0.05) is 19.1 Å². The quantitative estimate of drug-likeness (QED) is 0.849. The van der Waals surface area contributed by atoms with Crippen molar-refractivity contribution in [3.8, 4) is 5.75 Å². The van der Waals surface area contributed by atoms with Crippen molar-refractivity contribution in [2.24, 2.45) is 0 Å². The number of para-hydroxylation sites is 1. The minimum Gasteiger partial charge on any atom is -0.410 e. The van der Waals surface area contributed by atoms with Gasteiger partial charge in [-0.1, -0.05) is 18.2 Å². The lowest BCUT2D eigenvalue weighted by molar-refractivity contribution is 0.134. The maximum atomic E-state index is 11.9. The van der Waals surface area contributed by atoms with Gasteiger partial charge in [0.15, 0.2) is 0 Å². The second kappa shape index (κ2) is 5.68. The number of likely N-dealkylation sites (N-methyl/N-ethyl adjacent to an activating group) is 1. The van der Waals surface area contributed by atoms with Crippen molar-refractivity contribution in [2.45, 2.75) is 18.9 Å². The minimum atomic E-state index is -0.254. The third kappa shape index (κ3) is 3.20. The molecule has 1 aliphatic rings. The molecule has 92 valence electrons. The summed E-state index contributed by atoms with van der Waals surface area (Å²) >= 11 is 0. The number of benzene rings is 1. The van der Waals surface area contributed by atoms with Crippen LogP contribution in [-0.4, -0.2) is 37.2 Å². The average Bonchev–Trinajstić information content (AvgIpc) is 2.40. The fraction of sp³-hybridized carbons (Fsp3) is 0.462. The number of carbonyl (C=O) groups excluding carboxylic acids is 1. The number of ether oxygens (including phenoxy) is 1. The molecule has 1 unspecified atom stereocenters. The van der Waals surface area contributed by atoms with Crippen molar-refractivity contribution >= 4 is 6.09 Å². The van der Waals surface area contributed by atoms with Crippen molar-refractivity contribution in [1.82, 2.24) is 10.2 Å². The number of amides is 1. The summed E-state index contributed by atoms with van der Waals surface area (Å²) in [6.07, 6.45) is 1.89. The molecule has 1 fully saturated rings. The highest BCUT2D eigenvalue weighted by molar-refractivity contribution is 5.70. The van der Waals surface area contributed by atoms with Gasteiger partial charge in [0.2, 0.25) is 0 Å². The molecule has 1 aromatic carbocycles. The van der Waals surface area contributed by atoms with E-state index in [-0.39, 0.29) is 6.09 Å². The molecule has 0 saturated carbocycles. The first-order chi connectivity index (χ1) is 8.29. The number of nitrogens with zero attached hydrogens (tertiary/aromatic N) is 1. The highest BCUT2D eigenvalue weighted by Crippen LogP contribution is 2.14. The Morgan fingerprint density at radius 2 is 2.18 bits per heavy atom. The highest BCUT2D eigenvalue weighted by atomic mass is 16.6. The maximum absolute atomic E-state index is 11.9. The van der Waals surface area contributed by atoms with E-state index in [0.717, 1.165) is 25.9 Å². The molecule has 1 heterocycles. The van der Waals surface area contributed by atoms with E-state index >= 15 is 0 Å². The summed E-state index contributed by atoms with van der Waals surface area (Å²) in [7, 11) is 1.93. The van der Waals surface area contributed by atoms with Crippen LogP contribution in [0, 0.1) is 0 Å². The van der Waals surface area contributed by atoms with Gasteiger partial charge >= 0.3 is 6.09 Å². The molecule has 4 heteroatoms. The Labute approximate surface area is 102 Å². The zero-order valence-electron chi connectivity index (χ0n) is 10.1. The lowest BCUT2D eigenvalue weighted by Crippen LogP contribution is -2.47. The van der Waals surface area contributed by atoms with E-state index in [9.17, 15) is 4.79 Å². The first-order valence-electron chi connectivity index (χ1n) is 5.98. The Morgan fingerprint density at radius 3 is 2.88 bits per heavy atom. The molecule has 0 aliphatic carbocycles. The second-order valence-corrected chi connectivity index (χ2v) is 4.25. The van der Waals surface area contributed by atoms with Gasteiger partial charge in [-0.25, -0.2) is 4.79 Å². The van der Waals surface area contributed by atoms with Crippen LogP contribution in [-0.2, 0) is 0 Å². The first-order valence-corrected chi connectivity index (χ1v) is 5.98. The summed E-state index contributed by atoms with van der Waals surface area (Å²) in [5.74, 6) is 0.601. The molecule has 0 spiro atoms. The number of hydrogen-bond acceptors (Lipinski definition) is 3. The zero-order valence-corrected chi connectivity index (χ0v) is 10.1. The minimum absolute atomic E-state index is 0.254. The summed E-state index contributed by atoms with van der Waals surface area (Å²) < 4.78 is 5.31. The molecule has 1 amide bonds. The SMILES string of the molecule is CNC1CCCN(C(=O)Oc2ccccc2)C1. The van der Waals surface area contributed by atoms with E-state index in [1.807, 2.05) is 25.2 Å². The fourth-order valence-corrected chi connectivity index (χ4v) is 2.03. The zero-order chi connectivity index (χ0) is 12.1. The Bertz CT molecular complexity index is 367. The Hall–Kier alpha value is -1.55. The molecule has 0 bridgehead atoms. The predicted octanol–water partition coefficient (Wildman–Crippen LogP) is 1.87. The van der Waals surface area contributed by atoms with E-state index in [0.29, 0.717) is 11.8 Å². The second-order valence-electron chi connectivity index (χ2n) is 4.25. The fourth-order valence-electron chi connectivity index (χ4n) is 2.03. The molecular formula is C13H18N2O2. The van der Waals surface area contributed by atoms with Crippen LogP contribution >= 0.6 is 0 Å². The molecule has 17 heavy (non-hydrogen) atoms. The van der Waals surface area contributed by atoms with Crippen LogP contribution in [0.25, 0.3) is 0 Å². The number of hydrogen-bond donors (Lipinski definition) is 1. The van der Waals surface area contributed by atoms with Crippen molar-refractivity contribution in [1.29, 1.82) is 0 Å². The standard InChI is InChI=1S/C13H18N2O2/c1-14-11-6-5-9-15(10-11)13(16)17-12-7-3-2-4-8-12/h2-4,7-8,11,14H,5-6,9-10H2,1H3. The van der Waals surface area contributed by atoms with Gasteiger partial charge in [-0.3, -0.25) is 0 Å². The highest BCUT2D eigenvalue weighted by Gasteiger charge is 2.23. The van der Waals surface area contributed by atoms with Crippen LogP contribution in [0.1, 0.15) is 12.8 Å². The lowest BCUT2D eigenvalue weighted by Gasteiger charge is -2.31. The molecule has 0 aromatic heterocycles. The molecule has 1 saturated heterocycles. The van der Waals surface area contributed by atoms with Crippen molar-refractivity contribution < 1.29 is 9.53 Å². The predicted molar refractivity (Wildman–Crippen MR) is 66.1 cm³/mol. The largest absolute Gasteiger partial charge is 0.415 e. The van der Waals surface area contributed by atoms with Crippen LogP contribution in [0.4, 0.5) is 4.79 Å². The molecule has 2 rings (SSSR count). The summed E-state index contributed by atoms with van der Waals surface area (Å²) in [5.41, 5.74) is 0. The number of carbonyl (C=O) groups is 1.